The lowest BCUT2D eigenvalue weighted by Crippen LogP contribution is -2.31. The van der Waals surface area contributed by atoms with Gasteiger partial charge >= 0.3 is 0 Å². The molecule has 0 spiro atoms. The summed E-state index contributed by atoms with van der Waals surface area (Å²) in [5.74, 6) is 1.27. The average molecular weight is 368 g/mol. The SMILES string of the molecule is Cc1cccc(C(=O)NCCC(=O)NCCc2ccc3c(c2)OCCO3)c1. The van der Waals surface area contributed by atoms with E-state index in [-0.39, 0.29) is 18.2 Å². The van der Waals surface area contributed by atoms with E-state index in [9.17, 15) is 9.59 Å². The van der Waals surface area contributed by atoms with Crippen molar-refractivity contribution in [2.45, 2.75) is 19.8 Å². The van der Waals surface area contributed by atoms with Gasteiger partial charge in [-0.1, -0.05) is 23.8 Å². The summed E-state index contributed by atoms with van der Waals surface area (Å²) >= 11 is 0. The molecule has 27 heavy (non-hydrogen) atoms. The lowest BCUT2D eigenvalue weighted by Gasteiger charge is -2.18. The van der Waals surface area contributed by atoms with Crippen LogP contribution in [0.2, 0.25) is 0 Å². The molecule has 3 rings (SSSR count). The van der Waals surface area contributed by atoms with Gasteiger partial charge in [-0.25, -0.2) is 0 Å². The molecular weight excluding hydrogens is 344 g/mol. The molecule has 0 radical (unpaired) electrons. The van der Waals surface area contributed by atoms with Gasteiger partial charge in [0.25, 0.3) is 5.91 Å². The van der Waals surface area contributed by atoms with Gasteiger partial charge in [-0.15, -0.1) is 0 Å². The van der Waals surface area contributed by atoms with Crippen LogP contribution in [0.25, 0.3) is 0 Å². The Morgan fingerprint density at radius 1 is 0.963 bits per heavy atom. The Morgan fingerprint density at radius 2 is 1.78 bits per heavy atom. The maximum absolute atomic E-state index is 12.0. The first kappa shape index (κ1) is 18.8. The highest BCUT2D eigenvalue weighted by molar-refractivity contribution is 5.94. The van der Waals surface area contributed by atoms with Crippen LogP contribution in [0.1, 0.15) is 27.9 Å². The summed E-state index contributed by atoms with van der Waals surface area (Å²) in [4.78, 5) is 24.0. The Labute approximate surface area is 158 Å². The van der Waals surface area contributed by atoms with Crippen LogP contribution < -0.4 is 20.1 Å². The van der Waals surface area contributed by atoms with Gasteiger partial charge in [-0.05, 0) is 43.2 Å². The summed E-state index contributed by atoms with van der Waals surface area (Å²) in [6.45, 7) is 3.91. The van der Waals surface area contributed by atoms with Gasteiger partial charge in [0, 0.05) is 25.1 Å². The van der Waals surface area contributed by atoms with E-state index >= 15 is 0 Å². The second-order valence-electron chi connectivity index (χ2n) is 6.45. The van der Waals surface area contributed by atoms with Gasteiger partial charge in [0.1, 0.15) is 13.2 Å². The average Bonchev–Trinajstić information content (AvgIpc) is 2.68. The minimum atomic E-state index is -0.164. The Kier molecular flexibility index (Phi) is 6.30. The lowest BCUT2D eigenvalue weighted by molar-refractivity contribution is -0.120. The van der Waals surface area contributed by atoms with Crippen LogP contribution in [0.5, 0.6) is 11.5 Å². The van der Waals surface area contributed by atoms with E-state index in [0.717, 1.165) is 22.6 Å². The van der Waals surface area contributed by atoms with Gasteiger partial charge in [-0.3, -0.25) is 9.59 Å². The molecule has 2 aromatic carbocycles. The van der Waals surface area contributed by atoms with Gasteiger partial charge in [-0.2, -0.15) is 0 Å². The molecule has 6 heteroatoms. The van der Waals surface area contributed by atoms with Crippen LogP contribution in [0.15, 0.2) is 42.5 Å². The van der Waals surface area contributed by atoms with E-state index in [4.69, 9.17) is 9.47 Å². The highest BCUT2D eigenvalue weighted by atomic mass is 16.6. The highest BCUT2D eigenvalue weighted by Gasteiger charge is 2.12. The predicted molar refractivity (Wildman–Crippen MR) is 102 cm³/mol. The Hall–Kier alpha value is -3.02. The van der Waals surface area contributed by atoms with Gasteiger partial charge < -0.3 is 20.1 Å². The van der Waals surface area contributed by atoms with Crippen molar-refractivity contribution in [2.24, 2.45) is 0 Å². The zero-order chi connectivity index (χ0) is 19.1. The fraction of sp³-hybridized carbons (Fsp3) is 0.333. The lowest BCUT2D eigenvalue weighted by atomic mass is 10.1. The smallest absolute Gasteiger partial charge is 0.251 e. The number of aryl methyl sites for hydroxylation is 1. The minimum absolute atomic E-state index is 0.0860. The number of rotatable bonds is 7. The molecule has 1 heterocycles. The van der Waals surface area contributed by atoms with Crippen molar-refractivity contribution in [3.8, 4) is 11.5 Å². The van der Waals surface area contributed by atoms with Crippen molar-refractivity contribution in [3.63, 3.8) is 0 Å². The van der Waals surface area contributed by atoms with Crippen LogP contribution >= 0.6 is 0 Å². The number of carbonyl (C=O) groups is 2. The van der Waals surface area contributed by atoms with Crippen LogP contribution in [-0.2, 0) is 11.2 Å². The second kappa shape index (κ2) is 9.07. The van der Waals surface area contributed by atoms with Crippen LogP contribution in [0.3, 0.4) is 0 Å². The molecule has 0 aliphatic carbocycles. The van der Waals surface area contributed by atoms with E-state index in [2.05, 4.69) is 10.6 Å². The first-order valence-electron chi connectivity index (χ1n) is 9.12. The molecule has 0 atom stereocenters. The monoisotopic (exact) mass is 368 g/mol. The van der Waals surface area contributed by atoms with Crippen molar-refractivity contribution in [2.75, 3.05) is 26.3 Å². The van der Waals surface area contributed by atoms with Gasteiger partial charge in [0.05, 0.1) is 0 Å². The quantitative estimate of drug-likeness (QED) is 0.786. The summed E-state index contributed by atoms with van der Waals surface area (Å²) in [6.07, 6.45) is 0.955. The Morgan fingerprint density at radius 3 is 2.59 bits per heavy atom. The minimum Gasteiger partial charge on any atom is -0.486 e. The summed E-state index contributed by atoms with van der Waals surface area (Å²) in [7, 11) is 0. The normalized spacial score (nSPS) is 12.3. The van der Waals surface area contributed by atoms with Crippen molar-refractivity contribution < 1.29 is 19.1 Å². The topological polar surface area (TPSA) is 76.7 Å². The standard InChI is InChI=1S/C21H24N2O4/c1-15-3-2-4-17(13-15)21(25)23-10-8-20(24)22-9-7-16-5-6-18-19(14-16)27-12-11-26-18/h2-6,13-14H,7-12H2,1H3,(H,22,24)(H,23,25). The third kappa shape index (κ3) is 5.48. The Bertz CT molecular complexity index is 820. The number of benzene rings is 2. The molecule has 0 unspecified atom stereocenters. The van der Waals surface area contributed by atoms with Crippen LogP contribution in [0, 0.1) is 6.92 Å². The third-order valence-electron chi connectivity index (χ3n) is 4.26. The fourth-order valence-electron chi connectivity index (χ4n) is 2.86. The number of carbonyl (C=O) groups excluding carboxylic acids is 2. The predicted octanol–water partition coefficient (Wildman–Crippen LogP) is 2.25. The first-order valence-corrected chi connectivity index (χ1v) is 9.12. The molecule has 0 aromatic heterocycles. The van der Waals surface area contributed by atoms with Crippen molar-refractivity contribution in [1.29, 1.82) is 0 Å². The van der Waals surface area contributed by atoms with Crippen LogP contribution in [-0.4, -0.2) is 38.1 Å². The molecule has 0 bridgehead atoms. The number of hydrogen-bond donors (Lipinski definition) is 2. The van der Waals surface area contributed by atoms with E-state index in [1.54, 1.807) is 6.07 Å². The number of hydrogen-bond acceptors (Lipinski definition) is 4. The number of ether oxygens (including phenoxy) is 2. The van der Waals surface area contributed by atoms with Gasteiger partial charge in [0.2, 0.25) is 5.91 Å². The fourth-order valence-corrected chi connectivity index (χ4v) is 2.86. The summed E-state index contributed by atoms with van der Waals surface area (Å²) < 4.78 is 11.1. The summed E-state index contributed by atoms with van der Waals surface area (Å²) in [5, 5.41) is 5.64. The maximum atomic E-state index is 12.0. The van der Waals surface area contributed by atoms with Crippen molar-refractivity contribution >= 4 is 11.8 Å². The molecule has 6 nitrogen and oxygen atoms in total. The molecule has 0 saturated carbocycles. The molecule has 142 valence electrons. The first-order chi connectivity index (χ1) is 13.1. The van der Waals surface area contributed by atoms with Gasteiger partial charge in [0.15, 0.2) is 11.5 Å². The number of fused-ring (bicyclic) bond motifs is 1. The second-order valence-corrected chi connectivity index (χ2v) is 6.45. The molecule has 1 aliphatic rings. The number of nitrogens with one attached hydrogen (secondary N) is 2. The summed E-state index contributed by atoms with van der Waals surface area (Å²) in [6, 6.07) is 13.2. The maximum Gasteiger partial charge on any atom is 0.251 e. The Balaban J connectivity index is 1.36. The number of amides is 2. The van der Waals surface area contributed by atoms with Crippen molar-refractivity contribution in [1.82, 2.24) is 10.6 Å². The third-order valence-corrected chi connectivity index (χ3v) is 4.26. The van der Waals surface area contributed by atoms with Crippen molar-refractivity contribution in [3.05, 3.63) is 59.2 Å². The molecule has 0 saturated heterocycles. The molecule has 2 aromatic rings. The molecule has 0 fully saturated rings. The summed E-state index contributed by atoms with van der Waals surface area (Å²) in [5.41, 5.74) is 2.71. The largest absolute Gasteiger partial charge is 0.486 e. The molecule has 2 N–H and O–H groups in total. The highest BCUT2D eigenvalue weighted by Crippen LogP contribution is 2.30. The van der Waals surface area contributed by atoms with E-state index in [1.165, 1.54) is 0 Å². The zero-order valence-corrected chi connectivity index (χ0v) is 15.4. The molecule has 1 aliphatic heterocycles. The van der Waals surface area contributed by atoms with E-state index < -0.39 is 0 Å². The molecule has 2 amide bonds. The van der Waals surface area contributed by atoms with E-state index in [1.807, 2.05) is 43.3 Å². The van der Waals surface area contributed by atoms with Crippen LogP contribution in [0.4, 0.5) is 0 Å². The molecular formula is C21H24N2O4. The van der Waals surface area contributed by atoms with E-state index in [0.29, 0.717) is 38.3 Å². The zero-order valence-electron chi connectivity index (χ0n) is 15.4.